The lowest BCUT2D eigenvalue weighted by atomic mass is 9.65. The van der Waals surface area contributed by atoms with Gasteiger partial charge in [0.05, 0.1) is 26.4 Å². The fraction of sp³-hybridized carbons (Fsp3) is 0.364. The lowest BCUT2D eigenvalue weighted by molar-refractivity contribution is 0.262. The van der Waals surface area contributed by atoms with E-state index in [2.05, 4.69) is 111 Å². The Bertz CT molecular complexity index is 1910. The third-order valence-corrected chi connectivity index (χ3v) is 10.4. The summed E-state index contributed by atoms with van der Waals surface area (Å²) in [6, 6.07) is 30.2. The van der Waals surface area contributed by atoms with Gasteiger partial charge in [0, 0.05) is 5.41 Å². The first kappa shape index (κ1) is 33.3. The van der Waals surface area contributed by atoms with Gasteiger partial charge in [0.2, 0.25) is 0 Å². The van der Waals surface area contributed by atoms with Crippen molar-refractivity contribution >= 4 is 11.1 Å². The van der Waals surface area contributed by atoms with E-state index in [-0.39, 0.29) is 24.4 Å². The van der Waals surface area contributed by atoms with Crippen molar-refractivity contribution in [3.8, 4) is 23.0 Å². The Morgan fingerprint density at radius 2 is 0.962 bits per heavy atom. The highest BCUT2D eigenvalue weighted by Gasteiger charge is 2.37. The molecule has 5 aliphatic rings. The van der Waals surface area contributed by atoms with Gasteiger partial charge in [-0.3, -0.25) is 0 Å². The zero-order valence-corrected chi connectivity index (χ0v) is 29.7. The van der Waals surface area contributed by atoms with Crippen LogP contribution >= 0.6 is 0 Å². The molecule has 0 N–H and O–H groups in total. The number of rotatable bonds is 16. The minimum atomic E-state index is -0.468. The van der Waals surface area contributed by atoms with E-state index in [0.717, 1.165) is 78.1 Å². The summed E-state index contributed by atoms with van der Waals surface area (Å²) in [4.78, 5) is 0. The highest BCUT2D eigenvalue weighted by molar-refractivity contribution is 5.98. The van der Waals surface area contributed by atoms with Gasteiger partial charge < -0.3 is 37.9 Å². The van der Waals surface area contributed by atoms with Crippen molar-refractivity contribution in [3.63, 3.8) is 0 Å². The molecule has 0 spiro atoms. The van der Waals surface area contributed by atoms with E-state index in [1.54, 1.807) is 0 Å². The van der Waals surface area contributed by atoms with Gasteiger partial charge in [0.1, 0.15) is 73.8 Å². The lowest BCUT2D eigenvalue weighted by Crippen LogP contribution is -2.28. The molecule has 0 saturated carbocycles. The molecule has 0 amide bonds. The first-order valence-corrected chi connectivity index (χ1v) is 18.3. The van der Waals surface area contributed by atoms with Gasteiger partial charge in [-0.1, -0.05) is 48.6 Å². The molecular formula is C44H44O8. The molecule has 4 atom stereocenters. The maximum absolute atomic E-state index is 6.15. The molecular weight excluding hydrogens is 656 g/mol. The molecule has 268 valence electrons. The van der Waals surface area contributed by atoms with Crippen LogP contribution in [0.1, 0.15) is 39.8 Å². The smallest absolute Gasteiger partial charge is 0.122 e. The van der Waals surface area contributed by atoms with Gasteiger partial charge in [-0.05, 0) is 113 Å². The summed E-state index contributed by atoms with van der Waals surface area (Å²) in [6.07, 6.45) is 6.21. The molecule has 4 aliphatic heterocycles. The van der Waals surface area contributed by atoms with Gasteiger partial charge in [-0.15, -0.1) is 0 Å². The number of benzene rings is 4. The van der Waals surface area contributed by atoms with E-state index in [1.807, 2.05) is 0 Å². The molecule has 4 aromatic carbocycles. The Kier molecular flexibility index (Phi) is 9.01. The van der Waals surface area contributed by atoms with Gasteiger partial charge in [0.25, 0.3) is 0 Å². The summed E-state index contributed by atoms with van der Waals surface area (Å²) in [7, 11) is 0. The molecule has 1 aliphatic carbocycles. The number of allylic oxidation sites excluding steroid dienone is 4. The van der Waals surface area contributed by atoms with E-state index in [9.17, 15) is 0 Å². The number of hydrogen-bond donors (Lipinski definition) is 0. The molecule has 9 rings (SSSR count). The fourth-order valence-electron chi connectivity index (χ4n) is 6.93. The topological polar surface area (TPSA) is 87.0 Å². The Hall–Kier alpha value is -4.60. The van der Waals surface area contributed by atoms with E-state index < -0.39 is 5.41 Å². The van der Waals surface area contributed by atoms with Crippen LogP contribution in [0, 0.1) is 13.8 Å². The van der Waals surface area contributed by atoms with Crippen LogP contribution in [0.4, 0.5) is 0 Å². The zero-order valence-electron chi connectivity index (χ0n) is 29.7. The largest absolute Gasteiger partial charge is 0.491 e. The highest BCUT2D eigenvalue weighted by atomic mass is 16.6. The summed E-state index contributed by atoms with van der Waals surface area (Å²) in [6.45, 7) is 9.59. The minimum absolute atomic E-state index is 0.196. The first-order valence-electron chi connectivity index (χ1n) is 18.3. The average molecular weight is 701 g/mol. The molecule has 0 radical (unpaired) electrons. The van der Waals surface area contributed by atoms with Crippen LogP contribution in [-0.4, -0.2) is 77.3 Å². The van der Waals surface area contributed by atoms with Crippen molar-refractivity contribution in [2.75, 3.05) is 52.9 Å². The van der Waals surface area contributed by atoms with Crippen molar-refractivity contribution in [1.82, 2.24) is 0 Å². The van der Waals surface area contributed by atoms with E-state index in [0.29, 0.717) is 26.4 Å². The molecule has 0 bridgehead atoms. The molecule has 52 heavy (non-hydrogen) atoms. The normalized spacial score (nSPS) is 25.4. The van der Waals surface area contributed by atoms with Gasteiger partial charge in [-0.25, -0.2) is 0 Å². The summed E-state index contributed by atoms with van der Waals surface area (Å²) >= 11 is 0. The second-order valence-corrected chi connectivity index (χ2v) is 14.4. The van der Waals surface area contributed by atoms with Crippen molar-refractivity contribution in [2.24, 2.45) is 0 Å². The molecule has 4 heterocycles. The second-order valence-electron chi connectivity index (χ2n) is 14.4. The van der Waals surface area contributed by atoms with Crippen LogP contribution in [0.15, 0.2) is 97.1 Å². The van der Waals surface area contributed by atoms with Crippen LogP contribution in [-0.2, 0) is 24.4 Å². The van der Waals surface area contributed by atoms with E-state index in [1.165, 1.54) is 22.3 Å². The Balaban J connectivity index is 1.10. The lowest BCUT2D eigenvalue weighted by Gasteiger charge is -2.37. The second kappa shape index (κ2) is 14.1. The SMILES string of the molecule is Cc1cc(C2=C(c3ccc(OCC4CO4)c(C)c3)CC(c3ccc(OCC4CO4)cc3)(c3ccc(OCC4CO4)cc3)C=C2)ccc1OCC1CO1. The van der Waals surface area contributed by atoms with Crippen LogP contribution < -0.4 is 18.9 Å². The Morgan fingerprint density at radius 3 is 1.40 bits per heavy atom. The summed E-state index contributed by atoms with van der Waals surface area (Å²) in [5.74, 6) is 3.45. The van der Waals surface area contributed by atoms with Crippen molar-refractivity contribution in [3.05, 3.63) is 130 Å². The van der Waals surface area contributed by atoms with Crippen LogP contribution in [0.2, 0.25) is 0 Å². The monoisotopic (exact) mass is 700 g/mol. The first-order chi connectivity index (χ1) is 25.5. The molecule has 8 heteroatoms. The van der Waals surface area contributed by atoms with E-state index in [4.69, 9.17) is 37.9 Å². The predicted octanol–water partition coefficient (Wildman–Crippen LogP) is 7.27. The maximum atomic E-state index is 6.15. The maximum Gasteiger partial charge on any atom is 0.122 e. The Morgan fingerprint density at radius 1 is 0.538 bits per heavy atom. The fourth-order valence-corrected chi connectivity index (χ4v) is 6.93. The average Bonchev–Trinajstić information content (AvgIpc) is 3.98. The highest BCUT2D eigenvalue weighted by Crippen LogP contribution is 2.49. The third kappa shape index (κ3) is 7.62. The summed E-state index contributed by atoms with van der Waals surface area (Å²) in [5.41, 5.74) is 8.82. The summed E-state index contributed by atoms with van der Waals surface area (Å²) < 4.78 is 45.8. The quantitative estimate of drug-likeness (QED) is 0.113. The standard InChI is InChI=1S/C44H44O8/c1-28-17-30(3-13-42(28)51-26-38-24-49-38)40-15-16-44(32-5-9-34(10-6-32)45-20-36-22-47-36,33-7-11-35(12-8-33)46-21-37-23-48-37)19-41(40)31-4-14-43(29(2)18-31)52-27-39-25-50-39/h3-18,36-39H,19-27H2,1-2H3. The Labute approximate surface area is 304 Å². The van der Waals surface area contributed by atoms with Crippen LogP contribution in [0.3, 0.4) is 0 Å². The number of aryl methyl sites for hydroxylation is 2. The molecule has 4 saturated heterocycles. The number of epoxide rings is 4. The summed E-state index contributed by atoms with van der Waals surface area (Å²) in [5, 5.41) is 0. The number of ether oxygens (including phenoxy) is 8. The molecule has 0 aromatic heterocycles. The molecule has 4 fully saturated rings. The predicted molar refractivity (Wildman–Crippen MR) is 198 cm³/mol. The molecule has 8 nitrogen and oxygen atoms in total. The van der Waals surface area contributed by atoms with Crippen molar-refractivity contribution in [2.45, 2.75) is 50.1 Å². The van der Waals surface area contributed by atoms with Crippen LogP contribution in [0.5, 0.6) is 23.0 Å². The van der Waals surface area contributed by atoms with Gasteiger partial charge >= 0.3 is 0 Å². The molecule has 4 unspecified atom stereocenters. The zero-order chi connectivity index (χ0) is 35.1. The van der Waals surface area contributed by atoms with Crippen LogP contribution in [0.25, 0.3) is 11.1 Å². The third-order valence-electron chi connectivity index (χ3n) is 10.4. The number of hydrogen-bond acceptors (Lipinski definition) is 8. The van der Waals surface area contributed by atoms with Crippen molar-refractivity contribution in [1.29, 1.82) is 0 Å². The van der Waals surface area contributed by atoms with E-state index >= 15 is 0 Å². The van der Waals surface area contributed by atoms with Gasteiger partial charge in [-0.2, -0.15) is 0 Å². The minimum Gasteiger partial charge on any atom is -0.491 e. The molecule has 4 aromatic rings. The van der Waals surface area contributed by atoms with Crippen molar-refractivity contribution < 1.29 is 37.9 Å². The van der Waals surface area contributed by atoms with Gasteiger partial charge in [0.15, 0.2) is 0 Å².